The molecule has 4 aromatic rings. The molecule has 10 heteroatoms. The first-order valence-electron chi connectivity index (χ1n) is 10.1. The number of hydrogen-bond donors (Lipinski definition) is 1. The van der Waals surface area contributed by atoms with Crippen LogP contribution in [0.25, 0.3) is 17.0 Å². The van der Waals surface area contributed by atoms with Gasteiger partial charge in [0.15, 0.2) is 11.5 Å². The highest BCUT2D eigenvalue weighted by Gasteiger charge is 2.14. The highest BCUT2D eigenvalue weighted by atomic mass is 32.2. The van der Waals surface area contributed by atoms with Crippen molar-refractivity contribution in [3.63, 3.8) is 0 Å². The van der Waals surface area contributed by atoms with Crippen molar-refractivity contribution in [1.82, 2.24) is 24.5 Å². The molecule has 0 aliphatic rings. The molecular weight excluding hydrogens is 430 g/mol. The van der Waals surface area contributed by atoms with E-state index in [1.807, 2.05) is 43.3 Å². The molecule has 0 saturated carbocycles. The molecule has 0 atom stereocenters. The largest absolute Gasteiger partial charge is 0.497 e. The quantitative estimate of drug-likeness (QED) is 0.388. The van der Waals surface area contributed by atoms with Crippen molar-refractivity contribution in [2.75, 3.05) is 20.3 Å². The summed E-state index contributed by atoms with van der Waals surface area (Å²) in [5, 5.41) is 12.8. The van der Waals surface area contributed by atoms with Crippen LogP contribution in [0.4, 0.5) is 0 Å². The number of aromatic nitrogens is 4. The van der Waals surface area contributed by atoms with Gasteiger partial charge in [0.1, 0.15) is 12.4 Å². The molecule has 0 saturated heterocycles. The lowest BCUT2D eigenvalue weighted by molar-refractivity contribution is 0.306. The van der Waals surface area contributed by atoms with E-state index in [-0.39, 0.29) is 18.0 Å². The van der Waals surface area contributed by atoms with Gasteiger partial charge in [-0.3, -0.25) is 0 Å². The first-order chi connectivity index (χ1) is 15.5. The van der Waals surface area contributed by atoms with Gasteiger partial charge in [0, 0.05) is 18.2 Å². The zero-order chi connectivity index (χ0) is 22.6. The molecule has 9 nitrogen and oxygen atoms in total. The van der Waals surface area contributed by atoms with Gasteiger partial charge in [-0.1, -0.05) is 31.2 Å². The third kappa shape index (κ3) is 4.71. The number of aryl methyl sites for hydroxylation is 1. The molecule has 166 valence electrons. The van der Waals surface area contributed by atoms with Crippen molar-refractivity contribution in [3.8, 4) is 23.0 Å². The van der Waals surface area contributed by atoms with Gasteiger partial charge in [-0.15, -0.1) is 15.3 Å². The summed E-state index contributed by atoms with van der Waals surface area (Å²) < 4.78 is 39.9. The van der Waals surface area contributed by atoms with Crippen molar-refractivity contribution in [2.45, 2.75) is 18.2 Å². The number of benzene rings is 2. The lowest BCUT2D eigenvalue weighted by Crippen LogP contribution is -2.28. The maximum atomic E-state index is 12.4. The molecule has 0 amide bonds. The van der Waals surface area contributed by atoms with E-state index in [1.165, 1.54) is 0 Å². The van der Waals surface area contributed by atoms with Gasteiger partial charge in [-0.25, -0.2) is 13.1 Å². The average molecular weight is 454 g/mol. The number of ether oxygens (including phenoxy) is 2. The lowest BCUT2D eigenvalue weighted by Gasteiger charge is -2.09. The van der Waals surface area contributed by atoms with Crippen molar-refractivity contribution < 1.29 is 17.9 Å². The van der Waals surface area contributed by atoms with Crippen LogP contribution < -0.4 is 14.2 Å². The monoisotopic (exact) mass is 453 g/mol. The minimum Gasteiger partial charge on any atom is -0.497 e. The second kappa shape index (κ2) is 9.33. The van der Waals surface area contributed by atoms with Crippen LogP contribution >= 0.6 is 0 Å². The Morgan fingerprint density at radius 2 is 1.84 bits per heavy atom. The Bertz CT molecular complexity index is 1320. The zero-order valence-electron chi connectivity index (χ0n) is 17.7. The van der Waals surface area contributed by atoms with Gasteiger partial charge in [-0.05, 0) is 42.3 Å². The molecular formula is C22H23N5O4S. The SMILES string of the molecule is CCc1ccc(S(=O)(=O)NCCOc2ccc3nnc(-c4cccc(OC)c4)n3n2)cc1. The summed E-state index contributed by atoms with van der Waals surface area (Å²) in [4.78, 5) is 0.224. The molecule has 2 heterocycles. The molecule has 2 aromatic heterocycles. The standard InChI is InChI=1S/C22H23N5O4S/c1-3-16-7-9-19(10-8-16)32(28,29)23-13-14-31-21-12-11-20-24-25-22(27(20)26-21)17-5-4-6-18(15-17)30-2/h4-12,15,23H,3,13-14H2,1-2H3. The fraction of sp³-hybridized carbons (Fsp3) is 0.227. The Morgan fingerprint density at radius 3 is 2.59 bits per heavy atom. The van der Waals surface area contributed by atoms with E-state index in [0.717, 1.165) is 17.5 Å². The van der Waals surface area contributed by atoms with Gasteiger partial charge in [0.2, 0.25) is 15.9 Å². The first kappa shape index (κ1) is 21.7. The van der Waals surface area contributed by atoms with Crippen molar-refractivity contribution in [2.24, 2.45) is 0 Å². The van der Waals surface area contributed by atoms with Crippen molar-refractivity contribution in [1.29, 1.82) is 0 Å². The smallest absolute Gasteiger partial charge is 0.240 e. The fourth-order valence-electron chi connectivity index (χ4n) is 3.11. The second-order valence-corrected chi connectivity index (χ2v) is 8.71. The van der Waals surface area contributed by atoms with E-state index in [0.29, 0.717) is 23.1 Å². The van der Waals surface area contributed by atoms with E-state index >= 15 is 0 Å². The van der Waals surface area contributed by atoms with Crippen LogP contribution in [-0.4, -0.2) is 48.5 Å². The Labute approximate surface area is 186 Å². The summed E-state index contributed by atoms with van der Waals surface area (Å²) in [7, 11) is -2.01. The van der Waals surface area contributed by atoms with E-state index in [1.54, 1.807) is 35.9 Å². The maximum absolute atomic E-state index is 12.4. The molecule has 32 heavy (non-hydrogen) atoms. The van der Waals surface area contributed by atoms with Gasteiger partial charge < -0.3 is 9.47 Å². The zero-order valence-corrected chi connectivity index (χ0v) is 18.5. The summed E-state index contributed by atoms with van der Waals surface area (Å²) >= 11 is 0. The number of sulfonamides is 1. The van der Waals surface area contributed by atoms with Crippen molar-refractivity contribution >= 4 is 15.7 Å². The number of hydrogen-bond acceptors (Lipinski definition) is 7. The van der Waals surface area contributed by atoms with Crippen LogP contribution in [0, 0.1) is 0 Å². The summed E-state index contributed by atoms with van der Waals surface area (Å²) in [5.41, 5.74) is 2.44. The van der Waals surface area contributed by atoms with Gasteiger partial charge in [-0.2, -0.15) is 4.52 Å². The minimum absolute atomic E-state index is 0.0997. The molecule has 1 N–H and O–H groups in total. The molecule has 0 aliphatic heterocycles. The molecule has 4 rings (SSSR count). The molecule has 0 bridgehead atoms. The number of nitrogens with zero attached hydrogens (tertiary/aromatic N) is 4. The Morgan fingerprint density at radius 1 is 1.03 bits per heavy atom. The fourth-order valence-corrected chi connectivity index (χ4v) is 4.12. The third-order valence-corrected chi connectivity index (χ3v) is 6.33. The number of fused-ring (bicyclic) bond motifs is 1. The van der Waals surface area contributed by atoms with Crippen LogP contribution in [-0.2, 0) is 16.4 Å². The van der Waals surface area contributed by atoms with Gasteiger partial charge in [0.05, 0.1) is 12.0 Å². The van der Waals surface area contributed by atoms with Crippen LogP contribution in [0.15, 0.2) is 65.6 Å². The summed E-state index contributed by atoms with van der Waals surface area (Å²) in [5.74, 6) is 1.57. The van der Waals surface area contributed by atoms with Gasteiger partial charge in [0.25, 0.3) is 0 Å². The van der Waals surface area contributed by atoms with E-state index < -0.39 is 10.0 Å². The number of nitrogens with one attached hydrogen (secondary N) is 1. The average Bonchev–Trinajstić information content (AvgIpc) is 3.25. The predicted molar refractivity (Wildman–Crippen MR) is 119 cm³/mol. The maximum Gasteiger partial charge on any atom is 0.240 e. The van der Waals surface area contributed by atoms with Crippen molar-refractivity contribution in [3.05, 3.63) is 66.2 Å². The highest BCUT2D eigenvalue weighted by molar-refractivity contribution is 7.89. The lowest BCUT2D eigenvalue weighted by atomic mass is 10.2. The molecule has 0 fully saturated rings. The summed E-state index contributed by atoms with van der Waals surface area (Å²) in [6.45, 7) is 2.23. The van der Waals surface area contributed by atoms with E-state index in [4.69, 9.17) is 9.47 Å². The summed E-state index contributed by atoms with van der Waals surface area (Å²) in [6, 6.07) is 17.6. The third-order valence-electron chi connectivity index (χ3n) is 4.85. The normalized spacial score (nSPS) is 11.6. The van der Waals surface area contributed by atoms with Gasteiger partial charge >= 0.3 is 0 Å². The van der Waals surface area contributed by atoms with E-state index in [9.17, 15) is 8.42 Å². The Kier molecular flexibility index (Phi) is 6.33. The van der Waals surface area contributed by atoms with E-state index in [2.05, 4.69) is 20.0 Å². The minimum atomic E-state index is -3.60. The predicted octanol–water partition coefficient (Wildman–Crippen LogP) is 2.72. The first-order valence-corrected chi connectivity index (χ1v) is 11.6. The number of rotatable bonds is 9. The van der Waals surface area contributed by atoms with Crippen LogP contribution in [0.3, 0.4) is 0 Å². The Balaban J connectivity index is 1.42. The second-order valence-electron chi connectivity index (χ2n) is 6.94. The molecule has 0 spiro atoms. The van der Waals surface area contributed by atoms with Crippen LogP contribution in [0.1, 0.15) is 12.5 Å². The number of methoxy groups -OCH3 is 1. The highest BCUT2D eigenvalue weighted by Crippen LogP contribution is 2.23. The topological polar surface area (TPSA) is 108 Å². The summed E-state index contributed by atoms with van der Waals surface area (Å²) in [6.07, 6.45) is 0.852. The van der Waals surface area contributed by atoms with Crippen LogP contribution in [0.2, 0.25) is 0 Å². The Hall–Kier alpha value is -3.50. The van der Waals surface area contributed by atoms with Crippen LogP contribution in [0.5, 0.6) is 11.6 Å². The molecule has 0 aliphatic carbocycles. The molecule has 0 radical (unpaired) electrons. The molecule has 0 unspecified atom stereocenters. The molecule has 2 aromatic carbocycles.